The van der Waals surface area contributed by atoms with Crippen molar-refractivity contribution in [2.75, 3.05) is 0 Å². The number of alkyl halides is 3. The molecule has 0 aliphatic heterocycles. The third-order valence-electron chi connectivity index (χ3n) is 3.30. The molecule has 0 saturated heterocycles. The van der Waals surface area contributed by atoms with Gasteiger partial charge in [0.25, 0.3) is 0 Å². The Bertz CT molecular complexity index is 488. The fraction of sp³-hybridized carbons (Fsp3) is 0.417. The van der Waals surface area contributed by atoms with Gasteiger partial charge >= 0.3 is 6.18 Å². The zero-order valence-electron chi connectivity index (χ0n) is 9.91. The van der Waals surface area contributed by atoms with Crippen molar-refractivity contribution in [2.24, 2.45) is 17.4 Å². The number of rotatable bonds is 3. The Morgan fingerprint density at radius 2 is 1.74 bits per heavy atom. The lowest BCUT2D eigenvalue weighted by atomic mass is 9.84. The average molecular weight is 295 g/mol. The molecule has 0 spiro atoms. The smallest absolute Gasteiger partial charge is 0.368 e. The number of nitrogens with two attached hydrogens (primary N) is 2. The summed E-state index contributed by atoms with van der Waals surface area (Å²) in [7, 11) is 0. The van der Waals surface area contributed by atoms with Crippen LogP contribution in [-0.4, -0.2) is 5.91 Å². The van der Waals surface area contributed by atoms with Crippen molar-refractivity contribution < 1.29 is 18.0 Å². The minimum absolute atomic E-state index is 0. The summed E-state index contributed by atoms with van der Waals surface area (Å²) in [6.45, 7) is 0. The Labute approximate surface area is 114 Å². The molecule has 3 nitrogen and oxygen atoms in total. The van der Waals surface area contributed by atoms with Gasteiger partial charge in [-0.3, -0.25) is 4.79 Å². The van der Waals surface area contributed by atoms with E-state index in [-0.39, 0.29) is 23.9 Å². The first-order chi connectivity index (χ1) is 8.26. The van der Waals surface area contributed by atoms with Crippen LogP contribution in [0.4, 0.5) is 13.2 Å². The molecule has 1 aromatic carbocycles. The van der Waals surface area contributed by atoms with Gasteiger partial charge in [-0.15, -0.1) is 12.4 Å². The number of hydrogen-bond donors (Lipinski definition) is 2. The van der Waals surface area contributed by atoms with Crippen LogP contribution >= 0.6 is 12.4 Å². The quantitative estimate of drug-likeness (QED) is 0.897. The van der Waals surface area contributed by atoms with Crippen LogP contribution in [-0.2, 0) is 16.5 Å². The van der Waals surface area contributed by atoms with Gasteiger partial charge in [-0.1, -0.05) is 12.1 Å². The van der Waals surface area contributed by atoms with E-state index in [1.165, 1.54) is 12.1 Å². The Hall–Kier alpha value is -1.27. The highest BCUT2D eigenvalue weighted by molar-refractivity contribution is 5.86. The van der Waals surface area contributed by atoms with Crippen molar-refractivity contribution >= 4 is 18.3 Å². The average Bonchev–Trinajstić information content (AvgIpc) is 3.10. The van der Waals surface area contributed by atoms with Gasteiger partial charge in [-0.2, -0.15) is 13.2 Å². The van der Waals surface area contributed by atoms with E-state index < -0.39 is 23.2 Å². The molecule has 7 heteroatoms. The predicted octanol–water partition coefficient (Wildman–Crippen LogP) is 2.18. The van der Waals surface area contributed by atoms with Crippen LogP contribution < -0.4 is 11.5 Å². The van der Waals surface area contributed by atoms with E-state index in [0.717, 1.165) is 12.1 Å². The lowest BCUT2D eigenvalue weighted by Crippen LogP contribution is -2.51. The SMILES string of the molecule is Cl.NC(=O)C(N)(c1cccc(C(F)(F)F)c1)C1CC1. The topological polar surface area (TPSA) is 69.1 Å². The largest absolute Gasteiger partial charge is 0.416 e. The minimum atomic E-state index is -4.46. The van der Waals surface area contributed by atoms with Gasteiger partial charge in [0.05, 0.1) is 5.56 Å². The van der Waals surface area contributed by atoms with Gasteiger partial charge in [0.1, 0.15) is 5.54 Å². The van der Waals surface area contributed by atoms with Crippen molar-refractivity contribution in [2.45, 2.75) is 24.6 Å². The van der Waals surface area contributed by atoms with Crippen LogP contribution in [0.25, 0.3) is 0 Å². The molecule has 1 aliphatic rings. The maximum atomic E-state index is 12.6. The minimum Gasteiger partial charge on any atom is -0.368 e. The van der Waals surface area contributed by atoms with Crippen molar-refractivity contribution in [3.63, 3.8) is 0 Å². The van der Waals surface area contributed by atoms with Gasteiger partial charge in [0, 0.05) is 0 Å². The third kappa shape index (κ3) is 2.84. The number of primary amides is 1. The molecule has 0 radical (unpaired) electrons. The summed E-state index contributed by atoms with van der Waals surface area (Å²) >= 11 is 0. The summed E-state index contributed by atoms with van der Waals surface area (Å²) in [5, 5.41) is 0. The maximum absolute atomic E-state index is 12.6. The number of hydrogen-bond acceptors (Lipinski definition) is 2. The molecule has 0 heterocycles. The number of benzene rings is 1. The molecule has 0 bridgehead atoms. The van der Waals surface area contributed by atoms with E-state index in [9.17, 15) is 18.0 Å². The zero-order chi connectivity index (χ0) is 13.6. The van der Waals surface area contributed by atoms with E-state index in [0.29, 0.717) is 12.8 Å². The van der Waals surface area contributed by atoms with Gasteiger partial charge in [-0.05, 0) is 36.5 Å². The molecule has 0 aromatic heterocycles. The molecule has 1 atom stereocenters. The molecule has 19 heavy (non-hydrogen) atoms. The molecule has 1 fully saturated rings. The summed E-state index contributed by atoms with van der Waals surface area (Å²) in [5.41, 5.74) is 9.01. The van der Waals surface area contributed by atoms with Gasteiger partial charge in [-0.25, -0.2) is 0 Å². The summed E-state index contributed by atoms with van der Waals surface area (Å²) < 4.78 is 37.9. The molecular formula is C12H14ClF3N2O. The standard InChI is InChI=1S/C12H13F3N2O.ClH/c13-12(14,15)9-3-1-2-8(6-9)11(17,10(16)18)7-4-5-7;/h1-3,6-7H,4-5,17H2,(H2,16,18);1H. The van der Waals surface area contributed by atoms with Crippen LogP contribution in [0.3, 0.4) is 0 Å². The molecule has 4 N–H and O–H groups in total. The second-order valence-corrected chi connectivity index (χ2v) is 4.59. The molecule has 106 valence electrons. The summed E-state index contributed by atoms with van der Waals surface area (Å²) in [6.07, 6.45) is -3.05. The van der Waals surface area contributed by atoms with Crippen molar-refractivity contribution in [1.82, 2.24) is 0 Å². The molecule has 1 amide bonds. The van der Waals surface area contributed by atoms with Crippen molar-refractivity contribution in [3.05, 3.63) is 35.4 Å². The first-order valence-corrected chi connectivity index (χ1v) is 5.52. The number of carbonyl (C=O) groups is 1. The monoisotopic (exact) mass is 294 g/mol. The first-order valence-electron chi connectivity index (χ1n) is 5.52. The van der Waals surface area contributed by atoms with Crippen molar-refractivity contribution in [1.29, 1.82) is 0 Å². The van der Waals surface area contributed by atoms with E-state index in [4.69, 9.17) is 11.5 Å². The summed E-state index contributed by atoms with van der Waals surface area (Å²) in [5.74, 6) is -0.956. The van der Waals surface area contributed by atoms with Crippen LogP contribution in [0.15, 0.2) is 24.3 Å². The second kappa shape index (κ2) is 5.02. The van der Waals surface area contributed by atoms with Crippen LogP contribution in [0, 0.1) is 5.92 Å². The van der Waals surface area contributed by atoms with Gasteiger partial charge in [0.15, 0.2) is 0 Å². The van der Waals surface area contributed by atoms with Crippen LogP contribution in [0.2, 0.25) is 0 Å². The number of halogens is 4. The normalized spacial score (nSPS) is 18.3. The fourth-order valence-corrected chi connectivity index (χ4v) is 2.07. The van der Waals surface area contributed by atoms with E-state index in [2.05, 4.69) is 0 Å². The first kappa shape index (κ1) is 15.8. The lowest BCUT2D eigenvalue weighted by Gasteiger charge is -2.27. The molecule has 1 aromatic rings. The number of amides is 1. The van der Waals surface area contributed by atoms with E-state index >= 15 is 0 Å². The maximum Gasteiger partial charge on any atom is 0.416 e. The highest BCUT2D eigenvalue weighted by Gasteiger charge is 2.48. The van der Waals surface area contributed by atoms with Gasteiger partial charge in [0.2, 0.25) is 5.91 Å². The molecule has 1 saturated carbocycles. The lowest BCUT2D eigenvalue weighted by molar-refractivity contribution is -0.138. The summed E-state index contributed by atoms with van der Waals surface area (Å²) in [4.78, 5) is 11.5. The Balaban J connectivity index is 0.00000180. The van der Waals surface area contributed by atoms with Crippen LogP contribution in [0.1, 0.15) is 24.0 Å². The number of carbonyl (C=O) groups excluding carboxylic acids is 1. The van der Waals surface area contributed by atoms with E-state index in [1.807, 2.05) is 0 Å². The highest BCUT2D eigenvalue weighted by Crippen LogP contribution is 2.44. The third-order valence-corrected chi connectivity index (χ3v) is 3.30. The highest BCUT2D eigenvalue weighted by atomic mass is 35.5. The molecular weight excluding hydrogens is 281 g/mol. The predicted molar refractivity (Wildman–Crippen MR) is 66.5 cm³/mol. The summed E-state index contributed by atoms with van der Waals surface area (Å²) in [6, 6.07) is 4.50. The Morgan fingerprint density at radius 3 is 2.16 bits per heavy atom. The van der Waals surface area contributed by atoms with Crippen molar-refractivity contribution in [3.8, 4) is 0 Å². The second-order valence-electron chi connectivity index (χ2n) is 4.59. The van der Waals surface area contributed by atoms with E-state index in [1.54, 1.807) is 0 Å². The Morgan fingerprint density at radius 1 is 1.21 bits per heavy atom. The molecule has 2 rings (SSSR count). The Kier molecular flexibility index (Phi) is 4.17. The molecule has 1 aliphatic carbocycles. The van der Waals surface area contributed by atoms with Gasteiger partial charge < -0.3 is 11.5 Å². The molecule has 1 unspecified atom stereocenters. The van der Waals surface area contributed by atoms with Crippen LogP contribution in [0.5, 0.6) is 0 Å². The zero-order valence-corrected chi connectivity index (χ0v) is 10.7. The fourth-order valence-electron chi connectivity index (χ4n) is 2.07.